The highest BCUT2D eigenvalue weighted by Gasteiger charge is 2.36. The largest absolute Gasteiger partial charge is 0.408 e. The van der Waals surface area contributed by atoms with E-state index in [1.165, 1.54) is 0 Å². The van der Waals surface area contributed by atoms with Crippen molar-refractivity contribution in [1.29, 1.82) is 0 Å². The number of nitrogens with zero attached hydrogens (tertiary/aromatic N) is 4. The minimum Gasteiger partial charge on any atom is -0.378 e. The van der Waals surface area contributed by atoms with E-state index in [2.05, 4.69) is 28.8 Å². The maximum Gasteiger partial charge on any atom is 0.408 e. The SMILES string of the molecule is CC1(C)CCC(CN2CCOCC2c2ncn(CC(F)(F)F)n2)O1. The Kier molecular flexibility index (Phi) is 4.85. The van der Waals surface area contributed by atoms with Crippen LogP contribution < -0.4 is 0 Å². The van der Waals surface area contributed by atoms with Crippen LogP contribution in [0.4, 0.5) is 13.2 Å². The average Bonchev–Trinajstić information content (AvgIpc) is 3.04. The molecule has 3 heterocycles. The van der Waals surface area contributed by atoms with E-state index in [9.17, 15) is 13.2 Å². The third-order valence-corrected chi connectivity index (χ3v) is 4.43. The van der Waals surface area contributed by atoms with Crippen molar-refractivity contribution in [2.24, 2.45) is 0 Å². The second kappa shape index (κ2) is 6.61. The number of alkyl halides is 3. The van der Waals surface area contributed by atoms with Gasteiger partial charge in [0.15, 0.2) is 5.82 Å². The summed E-state index contributed by atoms with van der Waals surface area (Å²) in [5.74, 6) is 0.371. The minimum absolute atomic E-state index is 0.112. The molecule has 2 aliphatic rings. The predicted octanol–water partition coefficient (Wildman–Crippen LogP) is 2.17. The minimum atomic E-state index is -4.31. The quantitative estimate of drug-likeness (QED) is 0.835. The molecule has 6 nitrogen and oxygen atoms in total. The van der Waals surface area contributed by atoms with Crippen LogP contribution in [0.25, 0.3) is 0 Å². The summed E-state index contributed by atoms with van der Waals surface area (Å²) in [6.45, 7) is 5.40. The van der Waals surface area contributed by atoms with Gasteiger partial charge in [-0.3, -0.25) is 4.90 Å². The molecule has 0 N–H and O–H groups in total. The Morgan fingerprint density at radius 2 is 2.17 bits per heavy atom. The molecule has 0 radical (unpaired) electrons. The Hall–Kier alpha value is -1.19. The number of hydrogen-bond acceptors (Lipinski definition) is 5. The fourth-order valence-electron chi connectivity index (χ4n) is 3.28. The van der Waals surface area contributed by atoms with Crippen LogP contribution in [0.3, 0.4) is 0 Å². The van der Waals surface area contributed by atoms with Crippen LogP contribution in [0.1, 0.15) is 38.6 Å². The van der Waals surface area contributed by atoms with Crippen LogP contribution in [-0.2, 0) is 16.0 Å². The first kappa shape index (κ1) is 17.6. The van der Waals surface area contributed by atoms with Gasteiger partial charge in [-0.05, 0) is 26.7 Å². The lowest BCUT2D eigenvalue weighted by atomic mass is 10.1. The number of morpholine rings is 1. The highest BCUT2D eigenvalue weighted by molar-refractivity contribution is 4.96. The number of halogens is 3. The molecular weight excluding hydrogens is 325 g/mol. The number of hydrogen-bond donors (Lipinski definition) is 0. The van der Waals surface area contributed by atoms with Crippen LogP contribution in [0.2, 0.25) is 0 Å². The summed E-state index contributed by atoms with van der Waals surface area (Å²) in [6.07, 6.45) is -1.07. The molecule has 3 rings (SSSR count). The van der Waals surface area contributed by atoms with Gasteiger partial charge in [0.2, 0.25) is 0 Å². The highest BCUT2D eigenvalue weighted by Crippen LogP contribution is 2.31. The molecule has 24 heavy (non-hydrogen) atoms. The molecule has 0 aliphatic carbocycles. The van der Waals surface area contributed by atoms with Gasteiger partial charge in [0.1, 0.15) is 12.9 Å². The molecule has 2 saturated heterocycles. The Balaban J connectivity index is 1.66. The number of ether oxygens (including phenoxy) is 2. The molecule has 0 aromatic carbocycles. The highest BCUT2D eigenvalue weighted by atomic mass is 19.4. The fourth-order valence-corrected chi connectivity index (χ4v) is 3.28. The smallest absolute Gasteiger partial charge is 0.378 e. The van der Waals surface area contributed by atoms with E-state index < -0.39 is 12.7 Å². The number of aromatic nitrogens is 3. The van der Waals surface area contributed by atoms with Gasteiger partial charge < -0.3 is 9.47 Å². The average molecular weight is 348 g/mol. The van der Waals surface area contributed by atoms with Gasteiger partial charge in [-0.25, -0.2) is 9.67 Å². The van der Waals surface area contributed by atoms with E-state index in [1.807, 2.05) is 0 Å². The van der Waals surface area contributed by atoms with Crippen molar-refractivity contribution in [3.63, 3.8) is 0 Å². The molecule has 136 valence electrons. The molecule has 0 saturated carbocycles. The van der Waals surface area contributed by atoms with E-state index in [4.69, 9.17) is 9.47 Å². The summed E-state index contributed by atoms with van der Waals surface area (Å²) in [6, 6.07) is -0.236. The molecule has 1 aromatic rings. The zero-order chi connectivity index (χ0) is 17.4. The van der Waals surface area contributed by atoms with Crippen molar-refractivity contribution in [3.05, 3.63) is 12.2 Å². The zero-order valence-electron chi connectivity index (χ0n) is 13.9. The molecule has 2 unspecified atom stereocenters. The molecular formula is C15H23F3N4O2. The molecule has 1 aromatic heterocycles. The van der Waals surface area contributed by atoms with Crippen LogP contribution in [-0.4, -0.2) is 63.8 Å². The van der Waals surface area contributed by atoms with E-state index in [0.717, 1.165) is 23.9 Å². The van der Waals surface area contributed by atoms with Gasteiger partial charge in [-0.15, -0.1) is 0 Å². The first-order valence-corrected chi connectivity index (χ1v) is 8.18. The first-order chi connectivity index (χ1) is 11.2. The predicted molar refractivity (Wildman–Crippen MR) is 79.4 cm³/mol. The summed E-state index contributed by atoms with van der Waals surface area (Å²) in [5, 5.41) is 4.00. The van der Waals surface area contributed by atoms with Gasteiger partial charge in [0.25, 0.3) is 0 Å². The monoisotopic (exact) mass is 348 g/mol. The van der Waals surface area contributed by atoms with Gasteiger partial charge in [0, 0.05) is 13.1 Å². The lowest BCUT2D eigenvalue weighted by molar-refractivity contribution is -0.142. The molecule has 2 fully saturated rings. The second-order valence-electron chi connectivity index (χ2n) is 7.04. The first-order valence-electron chi connectivity index (χ1n) is 8.18. The maximum absolute atomic E-state index is 12.5. The summed E-state index contributed by atoms with van der Waals surface area (Å²) >= 11 is 0. The summed E-state index contributed by atoms with van der Waals surface area (Å²) in [4.78, 5) is 6.22. The van der Waals surface area contributed by atoms with Crippen molar-refractivity contribution in [3.8, 4) is 0 Å². The molecule has 0 bridgehead atoms. The van der Waals surface area contributed by atoms with Crippen molar-refractivity contribution in [1.82, 2.24) is 19.7 Å². The van der Waals surface area contributed by atoms with E-state index >= 15 is 0 Å². The zero-order valence-corrected chi connectivity index (χ0v) is 13.9. The third-order valence-electron chi connectivity index (χ3n) is 4.43. The van der Waals surface area contributed by atoms with Gasteiger partial charge in [0.05, 0.1) is 31.0 Å². The topological polar surface area (TPSA) is 52.4 Å². The number of rotatable bonds is 4. The van der Waals surface area contributed by atoms with Crippen molar-refractivity contribution >= 4 is 0 Å². The third kappa shape index (κ3) is 4.46. The molecule has 0 spiro atoms. The Morgan fingerprint density at radius 3 is 2.83 bits per heavy atom. The van der Waals surface area contributed by atoms with Crippen LogP contribution >= 0.6 is 0 Å². The Labute approximate surface area is 138 Å². The molecule has 2 aliphatic heterocycles. The van der Waals surface area contributed by atoms with Crippen molar-refractivity contribution < 1.29 is 22.6 Å². The van der Waals surface area contributed by atoms with Gasteiger partial charge in [-0.2, -0.15) is 18.3 Å². The van der Waals surface area contributed by atoms with Crippen molar-refractivity contribution in [2.45, 2.75) is 57.2 Å². The second-order valence-corrected chi connectivity index (χ2v) is 7.04. The molecule has 2 atom stereocenters. The van der Waals surface area contributed by atoms with E-state index in [0.29, 0.717) is 32.1 Å². The van der Waals surface area contributed by atoms with Crippen LogP contribution in [0.15, 0.2) is 6.33 Å². The summed E-state index contributed by atoms with van der Waals surface area (Å²) in [5.41, 5.74) is -0.112. The Bertz CT molecular complexity index is 561. The fraction of sp³-hybridized carbons (Fsp3) is 0.867. The Morgan fingerprint density at radius 1 is 1.38 bits per heavy atom. The lowest BCUT2D eigenvalue weighted by Crippen LogP contribution is -2.44. The maximum atomic E-state index is 12.5. The van der Waals surface area contributed by atoms with Crippen molar-refractivity contribution in [2.75, 3.05) is 26.3 Å². The van der Waals surface area contributed by atoms with Gasteiger partial charge >= 0.3 is 6.18 Å². The normalized spacial score (nSPS) is 28.4. The van der Waals surface area contributed by atoms with E-state index in [-0.39, 0.29) is 17.7 Å². The standard InChI is InChI=1S/C15H23F3N4O2/c1-14(2)4-3-11(24-14)7-21-5-6-23-8-12(21)13-19-10-22(20-13)9-15(16,17)18/h10-12H,3-9H2,1-2H3. The van der Waals surface area contributed by atoms with Gasteiger partial charge in [-0.1, -0.05) is 0 Å². The molecule has 9 heteroatoms. The van der Waals surface area contributed by atoms with E-state index in [1.54, 1.807) is 0 Å². The molecule has 0 amide bonds. The van der Waals surface area contributed by atoms with Crippen LogP contribution in [0.5, 0.6) is 0 Å². The lowest BCUT2D eigenvalue weighted by Gasteiger charge is -2.35. The van der Waals surface area contributed by atoms with Crippen LogP contribution in [0, 0.1) is 0 Å². The summed E-state index contributed by atoms with van der Waals surface area (Å²) in [7, 11) is 0. The summed E-state index contributed by atoms with van der Waals surface area (Å²) < 4.78 is 49.8.